The van der Waals surface area contributed by atoms with Gasteiger partial charge in [-0.2, -0.15) is 5.10 Å². The van der Waals surface area contributed by atoms with Crippen molar-refractivity contribution >= 4 is 10.0 Å². The highest BCUT2D eigenvalue weighted by molar-refractivity contribution is 7.89. The van der Waals surface area contributed by atoms with Gasteiger partial charge in [-0.15, -0.1) is 0 Å². The lowest BCUT2D eigenvalue weighted by molar-refractivity contribution is 0.448. The summed E-state index contributed by atoms with van der Waals surface area (Å²) in [7, 11) is -3.52. The van der Waals surface area contributed by atoms with Crippen molar-refractivity contribution in [3.63, 3.8) is 0 Å². The van der Waals surface area contributed by atoms with E-state index in [4.69, 9.17) is 0 Å². The van der Waals surface area contributed by atoms with Crippen LogP contribution in [0.15, 0.2) is 11.2 Å². The SMILES string of the molecule is CCCC1(CNS(=O)(=O)c2[nH]ncc2CNC(C)C)CC1. The highest BCUT2D eigenvalue weighted by atomic mass is 32.2. The molecule has 0 saturated heterocycles. The van der Waals surface area contributed by atoms with E-state index in [0.717, 1.165) is 25.7 Å². The van der Waals surface area contributed by atoms with Gasteiger partial charge in [-0.25, -0.2) is 13.1 Å². The molecule has 1 aromatic heterocycles. The number of nitrogens with zero attached hydrogens (tertiary/aromatic N) is 1. The molecule has 1 saturated carbocycles. The molecule has 0 amide bonds. The maximum atomic E-state index is 12.4. The summed E-state index contributed by atoms with van der Waals surface area (Å²) in [6, 6.07) is 0.294. The number of nitrogens with one attached hydrogen (secondary N) is 3. The van der Waals surface area contributed by atoms with Crippen molar-refractivity contribution in [2.75, 3.05) is 6.54 Å². The molecule has 0 bridgehead atoms. The predicted octanol–water partition coefficient (Wildman–Crippen LogP) is 1.77. The Morgan fingerprint density at radius 1 is 1.43 bits per heavy atom. The van der Waals surface area contributed by atoms with E-state index in [2.05, 4.69) is 27.2 Å². The molecular formula is C14H26N4O2S. The van der Waals surface area contributed by atoms with Crippen LogP contribution in [0.3, 0.4) is 0 Å². The van der Waals surface area contributed by atoms with Crippen molar-refractivity contribution in [3.8, 4) is 0 Å². The molecule has 7 heteroatoms. The molecule has 2 rings (SSSR count). The molecule has 0 radical (unpaired) electrons. The van der Waals surface area contributed by atoms with Gasteiger partial charge in [-0.1, -0.05) is 27.2 Å². The Morgan fingerprint density at radius 3 is 2.71 bits per heavy atom. The molecule has 3 N–H and O–H groups in total. The molecule has 0 atom stereocenters. The topological polar surface area (TPSA) is 86.9 Å². The van der Waals surface area contributed by atoms with E-state index >= 15 is 0 Å². The summed E-state index contributed by atoms with van der Waals surface area (Å²) in [5.41, 5.74) is 0.870. The summed E-state index contributed by atoms with van der Waals surface area (Å²) in [6.45, 7) is 7.20. The van der Waals surface area contributed by atoms with Gasteiger partial charge in [0.15, 0.2) is 5.03 Å². The average Bonchev–Trinajstić information content (AvgIpc) is 3.01. The lowest BCUT2D eigenvalue weighted by Crippen LogP contribution is -2.32. The molecule has 1 heterocycles. The average molecular weight is 314 g/mol. The summed E-state index contributed by atoms with van der Waals surface area (Å²) in [4.78, 5) is 0. The van der Waals surface area contributed by atoms with Gasteiger partial charge in [-0.05, 0) is 24.7 Å². The molecule has 0 aliphatic heterocycles. The normalized spacial score (nSPS) is 17.3. The van der Waals surface area contributed by atoms with Crippen LogP contribution < -0.4 is 10.0 Å². The van der Waals surface area contributed by atoms with Gasteiger partial charge in [0.1, 0.15) is 0 Å². The third-order valence-corrected chi connectivity index (χ3v) is 5.44. The highest BCUT2D eigenvalue weighted by Crippen LogP contribution is 2.49. The van der Waals surface area contributed by atoms with Gasteiger partial charge in [0.2, 0.25) is 0 Å². The molecule has 0 aromatic carbocycles. The van der Waals surface area contributed by atoms with Crippen LogP contribution >= 0.6 is 0 Å². The second-order valence-corrected chi connectivity index (χ2v) is 8.04. The van der Waals surface area contributed by atoms with Gasteiger partial charge in [-0.3, -0.25) is 5.10 Å². The van der Waals surface area contributed by atoms with Crippen LogP contribution in [-0.2, 0) is 16.6 Å². The highest BCUT2D eigenvalue weighted by Gasteiger charge is 2.42. The molecule has 0 unspecified atom stereocenters. The maximum Gasteiger partial charge on any atom is 0.257 e. The Hall–Kier alpha value is -0.920. The van der Waals surface area contributed by atoms with Gasteiger partial charge >= 0.3 is 0 Å². The van der Waals surface area contributed by atoms with Crippen molar-refractivity contribution in [1.82, 2.24) is 20.2 Å². The minimum atomic E-state index is -3.52. The fourth-order valence-electron chi connectivity index (χ4n) is 2.51. The second kappa shape index (κ2) is 6.46. The van der Waals surface area contributed by atoms with Crippen molar-refractivity contribution in [1.29, 1.82) is 0 Å². The second-order valence-electron chi connectivity index (χ2n) is 6.33. The molecule has 21 heavy (non-hydrogen) atoms. The third-order valence-electron chi connectivity index (χ3n) is 4.02. The summed E-state index contributed by atoms with van der Waals surface area (Å²) in [5.74, 6) is 0. The lowest BCUT2D eigenvalue weighted by Gasteiger charge is -2.15. The van der Waals surface area contributed by atoms with Crippen molar-refractivity contribution in [2.24, 2.45) is 5.41 Å². The van der Waals surface area contributed by atoms with Gasteiger partial charge in [0.05, 0.1) is 6.20 Å². The molecule has 0 spiro atoms. The van der Waals surface area contributed by atoms with E-state index < -0.39 is 10.0 Å². The number of H-pyrrole nitrogens is 1. The van der Waals surface area contributed by atoms with Gasteiger partial charge in [0, 0.05) is 24.7 Å². The Balaban J connectivity index is 2.01. The van der Waals surface area contributed by atoms with Gasteiger partial charge in [0.25, 0.3) is 10.0 Å². The zero-order chi connectivity index (χ0) is 15.5. The molecule has 1 fully saturated rings. The first-order chi connectivity index (χ1) is 9.88. The van der Waals surface area contributed by atoms with E-state index in [0.29, 0.717) is 24.7 Å². The van der Waals surface area contributed by atoms with E-state index in [9.17, 15) is 8.42 Å². The van der Waals surface area contributed by atoms with Crippen molar-refractivity contribution in [2.45, 2.75) is 64.1 Å². The summed E-state index contributed by atoms with van der Waals surface area (Å²) in [6.07, 6.45) is 5.99. The van der Waals surface area contributed by atoms with Crippen LogP contribution in [0, 0.1) is 5.41 Å². The fraction of sp³-hybridized carbons (Fsp3) is 0.786. The standard InChI is InChI=1S/C14H26N4O2S/c1-4-5-14(6-7-14)10-17-21(19,20)13-12(9-16-18-13)8-15-11(2)3/h9,11,15,17H,4-8,10H2,1-3H3,(H,16,18). The molecule has 6 nitrogen and oxygen atoms in total. The minimum absolute atomic E-state index is 0.183. The van der Waals surface area contributed by atoms with Crippen LogP contribution in [0.1, 0.15) is 52.0 Å². The number of hydrogen-bond acceptors (Lipinski definition) is 4. The first-order valence-corrected chi connectivity index (χ1v) is 9.12. The Labute approximate surface area is 127 Å². The smallest absolute Gasteiger partial charge is 0.257 e. The summed E-state index contributed by atoms with van der Waals surface area (Å²) in [5, 5.41) is 9.89. The maximum absolute atomic E-state index is 12.4. The first kappa shape index (κ1) is 16.5. The lowest BCUT2D eigenvalue weighted by atomic mass is 10.0. The van der Waals surface area contributed by atoms with Crippen LogP contribution in [0.4, 0.5) is 0 Å². The van der Waals surface area contributed by atoms with E-state index in [-0.39, 0.29) is 10.4 Å². The summed E-state index contributed by atoms with van der Waals surface area (Å²) < 4.78 is 27.6. The molecular weight excluding hydrogens is 288 g/mol. The van der Waals surface area contributed by atoms with Crippen molar-refractivity contribution in [3.05, 3.63) is 11.8 Å². The quantitative estimate of drug-likeness (QED) is 0.648. The molecule has 1 aliphatic carbocycles. The molecule has 1 aromatic rings. The van der Waals surface area contributed by atoms with Crippen LogP contribution in [0.25, 0.3) is 0 Å². The van der Waals surface area contributed by atoms with Gasteiger partial charge < -0.3 is 5.32 Å². The largest absolute Gasteiger partial charge is 0.310 e. The zero-order valence-corrected chi connectivity index (χ0v) is 13.9. The number of sulfonamides is 1. The minimum Gasteiger partial charge on any atom is -0.310 e. The number of aromatic nitrogens is 2. The summed E-state index contributed by atoms with van der Waals surface area (Å²) >= 11 is 0. The number of hydrogen-bond donors (Lipinski definition) is 3. The Morgan fingerprint density at radius 2 is 2.14 bits per heavy atom. The molecule has 1 aliphatic rings. The predicted molar refractivity (Wildman–Crippen MR) is 82.3 cm³/mol. The monoisotopic (exact) mass is 314 g/mol. The third kappa shape index (κ3) is 4.28. The van der Waals surface area contributed by atoms with E-state index in [1.807, 2.05) is 13.8 Å². The van der Waals surface area contributed by atoms with Crippen LogP contribution in [0.5, 0.6) is 0 Å². The molecule has 120 valence electrons. The van der Waals surface area contributed by atoms with Crippen LogP contribution in [0.2, 0.25) is 0 Å². The number of aromatic amines is 1. The van der Waals surface area contributed by atoms with E-state index in [1.165, 1.54) is 0 Å². The van der Waals surface area contributed by atoms with E-state index in [1.54, 1.807) is 6.20 Å². The Bertz CT molecular complexity index is 561. The first-order valence-electron chi connectivity index (χ1n) is 7.64. The van der Waals surface area contributed by atoms with Crippen molar-refractivity contribution < 1.29 is 8.42 Å². The van der Waals surface area contributed by atoms with Crippen LogP contribution in [-0.4, -0.2) is 31.2 Å². The Kier molecular flexibility index (Phi) is 5.06. The number of rotatable bonds is 9. The zero-order valence-electron chi connectivity index (χ0n) is 13.1. The fourth-order valence-corrected chi connectivity index (χ4v) is 3.80.